The number of pyridine rings is 1. The van der Waals surface area contributed by atoms with Crippen molar-refractivity contribution in [3.05, 3.63) is 42.1 Å². The molecule has 9 heteroatoms. The Morgan fingerprint density at radius 3 is 2.56 bits per heavy atom. The molecule has 1 aliphatic heterocycles. The number of hydrogen-bond donors (Lipinski definition) is 1. The van der Waals surface area contributed by atoms with Crippen LogP contribution in [0.3, 0.4) is 0 Å². The molecule has 144 valence electrons. The van der Waals surface area contributed by atoms with E-state index in [9.17, 15) is 13.2 Å². The van der Waals surface area contributed by atoms with E-state index in [0.717, 1.165) is 5.56 Å². The van der Waals surface area contributed by atoms with Crippen molar-refractivity contribution in [3.8, 4) is 11.6 Å². The summed E-state index contributed by atoms with van der Waals surface area (Å²) in [4.78, 5) is 15.2. The molecule has 0 fully saturated rings. The van der Waals surface area contributed by atoms with Gasteiger partial charge in [-0.2, -0.15) is 0 Å². The van der Waals surface area contributed by atoms with Crippen LogP contribution in [0.2, 0.25) is 0 Å². The molecule has 0 spiro atoms. The first kappa shape index (κ1) is 19.0. The quantitative estimate of drug-likeness (QED) is 0.770. The minimum atomic E-state index is -3.82. The number of methoxy groups -OCH3 is 2. The van der Waals surface area contributed by atoms with E-state index in [0.29, 0.717) is 23.7 Å². The average Bonchev–Trinajstić information content (AvgIpc) is 3.05. The number of hydrogen-bond acceptors (Lipinski definition) is 6. The summed E-state index contributed by atoms with van der Waals surface area (Å²) in [7, 11) is -0.838. The molecule has 0 amide bonds. The van der Waals surface area contributed by atoms with Gasteiger partial charge in [-0.05, 0) is 36.2 Å². The van der Waals surface area contributed by atoms with Gasteiger partial charge < -0.3 is 14.6 Å². The normalized spacial score (nSPS) is 16.1. The summed E-state index contributed by atoms with van der Waals surface area (Å²) in [6.45, 7) is 0.159. The van der Waals surface area contributed by atoms with Gasteiger partial charge in [0.1, 0.15) is 5.75 Å². The number of aromatic nitrogens is 1. The zero-order valence-electron chi connectivity index (χ0n) is 15.0. The van der Waals surface area contributed by atoms with Crippen molar-refractivity contribution in [1.29, 1.82) is 0 Å². The number of rotatable bonds is 7. The van der Waals surface area contributed by atoms with Crippen molar-refractivity contribution in [1.82, 2.24) is 4.98 Å². The zero-order valence-corrected chi connectivity index (χ0v) is 15.8. The number of aliphatic carboxylic acids is 1. The fourth-order valence-electron chi connectivity index (χ4n) is 3.13. The second-order valence-corrected chi connectivity index (χ2v) is 7.99. The van der Waals surface area contributed by atoms with Crippen molar-refractivity contribution in [2.75, 3.05) is 25.1 Å². The number of anilines is 1. The minimum absolute atomic E-state index is 0.0504. The van der Waals surface area contributed by atoms with E-state index in [1.807, 2.05) is 0 Å². The van der Waals surface area contributed by atoms with Gasteiger partial charge in [0.15, 0.2) is 0 Å². The van der Waals surface area contributed by atoms with E-state index in [2.05, 4.69) is 4.98 Å². The lowest BCUT2D eigenvalue weighted by Gasteiger charge is -2.20. The zero-order chi connectivity index (χ0) is 19.6. The Kier molecular flexibility index (Phi) is 5.22. The van der Waals surface area contributed by atoms with Gasteiger partial charge in [0.05, 0.1) is 31.0 Å². The molecule has 3 rings (SSSR count). The van der Waals surface area contributed by atoms with Crippen molar-refractivity contribution < 1.29 is 27.8 Å². The van der Waals surface area contributed by atoms with Gasteiger partial charge in [-0.15, -0.1) is 0 Å². The predicted octanol–water partition coefficient (Wildman–Crippen LogP) is 2.26. The van der Waals surface area contributed by atoms with E-state index in [4.69, 9.17) is 14.6 Å². The third kappa shape index (κ3) is 3.68. The van der Waals surface area contributed by atoms with Gasteiger partial charge >= 0.3 is 5.97 Å². The molecule has 1 unspecified atom stereocenters. The summed E-state index contributed by atoms with van der Waals surface area (Å²) < 4.78 is 37.8. The SMILES string of the molecule is COc1ccc(S(=O)(=O)N2CC(CCC(=O)O)c3cc(OC)ncc32)cc1. The fraction of sp³-hybridized carbons (Fsp3) is 0.333. The summed E-state index contributed by atoms with van der Waals surface area (Å²) in [5, 5.41) is 8.99. The highest BCUT2D eigenvalue weighted by Crippen LogP contribution is 2.42. The van der Waals surface area contributed by atoms with Crippen LogP contribution in [0.5, 0.6) is 11.6 Å². The number of carboxylic acids is 1. The molecule has 0 saturated heterocycles. The molecule has 1 aliphatic rings. The van der Waals surface area contributed by atoms with E-state index in [-0.39, 0.29) is 23.8 Å². The van der Waals surface area contributed by atoms with Crippen molar-refractivity contribution >= 4 is 21.7 Å². The summed E-state index contributed by atoms with van der Waals surface area (Å²) >= 11 is 0. The second kappa shape index (κ2) is 7.43. The van der Waals surface area contributed by atoms with Crippen LogP contribution in [0.15, 0.2) is 41.4 Å². The first-order valence-electron chi connectivity index (χ1n) is 8.29. The fourth-order valence-corrected chi connectivity index (χ4v) is 4.66. The Morgan fingerprint density at radius 2 is 1.96 bits per heavy atom. The number of nitrogens with zero attached hydrogens (tertiary/aromatic N) is 2. The Morgan fingerprint density at radius 1 is 1.26 bits per heavy atom. The molecule has 0 bridgehead atoms. The first-order chi connectivity index (χ1) is 12.9. The highest BCUT2D eigenvalue weighted by atomic mass is 32.2. The molecule has 0 saturated carbocycles. The Bertz CT molecular complexity index is 943. The number of fused-ring (bicyclic) bond motifs is 1. The molecule has 27 heavy (non-hydrogen) atoms. The number of carboxylic acid groups (broad SMARTS) is 1. The Labute approximate surface area is 157 Å². The molecule has 8 nitrogen and oxygen atoms in total. The highest BCUT2D eigenvalue weighted by molar-refractivity contribution is 7.92. The van der Waals surface area contributed by atoms with Crippen molar-refractivity contribution in [2.45, 2.75) is 23.7 Å². The standard InChI is InChI=1S/C18H20N2O6S/c1-25-13-4-6-14(7-5-13)27(23,24)20-11-12(3-8-18(21)22)15-9-17(26-2)19-10-16(15)20/h4-7,9-10,12H,3,8,11H2,1-2H3,(H,21,22). The summed E-state index contributed by atoms with van der Waals surface area (Å²) in [6, 6.07) is 7.80. The van der Waals surface area contributed by atoms with Crippen molar-refractivity contribution in [3.63, 3.8) is 0 Å². The monoisotopic (exact) mass is 392 g/mol. The lowest BCUT2D eigenvalue weighted by atomic mass is 9.97. The van der Waals surface area contributed by atoms with Crippen LogP contribution in [0, 0.1) is 0 Å². The van der Waals surface area contributed by atoms with Crippen LogP contribution < -0.4 is 13.8 Å². The van der Waals surface area contributed by atoms with Crippen LogP contribution in [-0.2, 0) is 14.8 Å². The highest BCUT2D eigenvalue weighted by Gasteiger charge is 2.37. The largest absolute Gasteiger partial charge is 0.497 e. The van der Waals surface area contributed by atoms with Gasteiger partial charge in [0, 0.05) is 24.9 Å². The van der Waals surface area contributed by atoms with Crippen LogP contribution in [0.25, 0.3) is 0 Å². The van der Waals surface area contributed by atoms with Crippen LogP contribution in [0.4, 0.5) is 5.69 Å². The molecule has 1 aromatic heterocycles. The lowest BCUT2D eigenvalue weighted by molar-refractivity contribution is -0.137. The van der Waals surface area contributed by atoms with E-state index in [1.165, 1.54) is 36.9 Å². The average molecular weight is 392 g/mol. The van der Waals surface area contributed by atoms with Crippen LogP contribution >= 0.6 is 0 Å². The van der Waals surface area contributed by atoms with Gasteiger partial charge in [0.25, 0.3) is 10.0 Å². The molecule has 2 aromatic rings. The van der Waals surface area contributed by atoms with Gasteiger partial charge in [-0.25, -0.2) is 13.4 Å². The molecule has 1 atom stereocenters. The van der Waals surface area contributed by atoms with E-state index in [1.54, 1.807) is 18.2 Å². The molecule has 1 N–H and O–H groups in total. The number of benzene rings is 1. The third-order valence-corrected chi connectivity index (χ3v) is 6.34. The summed E-state index contributed by atoms with van der Waals surface area (Å²) in [6.07, 6.45) is 1.73. The summed E-state index contributed by atoms with van der Waals surface area (Å²) in [5.41, 5.74) is 1.17. The van der Waals surface area contributed by atoms with Gasteiger partial charge in [0.2, 0.25) is 5.88 Å². The molecular formula is C18H20N2O6S. The van der Waals surface area contributed by atoms with E-state index < -0.39 is 16.0 Å². The summed E-state index contributed by atoms with van der Waals surface area (Å²) in [5.74, 6) is -0.255. The molecule has 2 heterocycles. The van der Waals surface area contributed by atoms with Crippen LogP contribution in [0.1, 0.15) is 24.3 Å². The topological polar surface area (TPSA) is 106 Å². The molecule has 0 radical (unpaired) electrons. The Hall–Kier alpha value is -2.81. The van der Waals surface area contributed by atoms with Gasteiger partial charge in [-0.3, -0.25) is 9.10 Å². The maximum absolute atomic E-state index is 13.1. The Balaban J connectivity index is 1.99. The second-order valence-electron chi connectivity index (χ2n) is 6.13. The van der Waals surface area contributed by atoms with Crippen LogP contribution in [-0.4, -0.2) is 45.2 Å². The number of sulfonamides is 1. The molecule has 0 aliphatic carbocycles. The maximum Gasteiger partial charge on any atom is 0.303 e. The minimum Gasteiger partial charge on any atom is -0.497 e. The van der Waals surface area contributed by atoms with Crippen molar-refractivity contribution in [2.24, 2.45) is 0 Å². The maximum atomic E-state index is 13.1. The molecular weight excluding hydrogens is 372 g/mol. The van der Waals surface area contributed by atoms with E-state index >= 15 is 0 Å². The molecule has 1 aromatic carbocycles. The lowest BCUT2D eigenvalue weighted by Crippen LogP contribution is -2.30. The third-order valence-electron chi connectivity index (χ3n) is 4.55. The first-order valence-corrected chi connectivity index (χ1v) is 9.73. The number of ether oxygens (including phenoxy) is 2. The van der Waals surface area contributed by atoms with Gasteiger partial charge in [-0.1, -0.05) is 0 Å². The smallest absolute Gasteiger partial charge is 0.303 e. The predicted molar refractivity (Wildman–Crippen MR) is 97.9 cm³/mol. The number of carbonyl (C=O) groups is 1.